The summed E-state index contributed by atoms with van der Waals surface area (Å²) in [6.45, 7) is 3.10. The average Bonchev–Trinajstić information content (AvgIpc) is 3.49. The molecule has 0 unspecified atom stereocenters. The molecule has 2 heterocycles. The second-order valence-electron chi connectivity index (χ2n) is 7.87. The molecule has 1 aliphatic heterocycles. The number of halogens is 2. The maximum Gasteiger partial charge on any atom is 0.319 e. The number of ether oxygens (including phenoxy) is 3. The van der Waals surface area contributed by atoms with Crippen LogP contribution in [-0.4, -0.2) is 61.6 Å². The Balaban J connectivity index is 1.59. The van der Waals surface area contributed by atoms with Gasteiger partial charge in [0.25, 0.3) is 5.91 Å². The number of aromatic nitrogens is 1. The van der Waals surface area contributed by atoms with Crippen molar-refractivity contribution in [2.45, 2.75) is 32.3 Å². The van der Waals surface area contributed by atoms with Crippen LogP contribution in [-0.2, 0) is 6.61 Å². The van der Waals surface area contributed by atoms with Crippen LogP contribution < -0.4 is 30.6 Å². The standard InChI is InChI=1S/C22H29F2N5O5S/c1-32-14-11-15(33-2)18(24)13(17(14)23)12-34-20-16(19(25)30)21(35-28-20)27-22(31)26-7-3-4-8-29-9-5-6-10-29/h11H,3-10,12H2,1-2H3,(H2,25,30)(H2,26,27,31). The van der Waals surface area contributed by atoms with Crippen LogP contribution in [0, 0.1) is 11.6 Å². The van der Waals surface area contributed by atoms with Crippen LogP contribution in [0.3, 0.4) is 0 Å². The van der Waals surface area contributed by atoms with E-state index in [-0.39, 0.29) is 27.9 Å². The monoisotopic (exact) mass is 513 g/mol. The van der Waals surface area contributed by atoms with Crippen molar-refractivity contribution in [2.75, 3.05) is 45.7 Å². The van der Waals surface area contributed by atoms with Gasteiger partial charge in [0.15, 0.2) is 23.1 Å². The van der Waals surface area contributed by atoms with Gasteiger partial charge in [-0.15, -0.1) is 0 Å². The average molecular weight is 514 g/mol. The lowest BCUT2D eigenvalue weighted by atomic mass is 10.1. The van der Waals surface area contributed by atoms with E-state index in [0.29, 0.717) is 6.54 Å². The fraction of sp³-hybridized carbons (Fsp3) is 0.500. The number of nitrogens with zero attached hydrogens (tertiary/aromatic N) is 2. The van der Waals surface area contributed by atoms with Crippen molar-refractivity contribution in [2.24, 2.45) is 5.73 Å². The lowest BCUT2D eigenvalue weighted by Gasteiger charge is -2.14. The lowest BCUT2D eigenvalue weighted by molar-refractivity contribution is 0.0996. The van der Waals surface area contributed by atoms with Crippen molar-refractivity contribution in [3.63, 3.8) is 0 Å². The summed E-state index contributed by atoms with van der Waals surface area (Å²) in [5, 5.41) is 5.31. The highest BCUT2D eigenvalue weighted by atomic mass is 32.1. The number of unbranched alkanes of at least 4 members (excludes halogenated alkanes) is 1. The second-order valence-corrected chi connectivity index (χ2v) is 8.64. The van der Waals surface area contributed by atoms with E-state index in [1.54, 1.807) is 0 Å². The van der Waals surface area contributed by atoms with Crippen LogP contribution in [0.15, 0.2) is 6.07 Å². The van der Waals surface area contributed by atoms with Gasteiger partial charge in [0.2, 0.25) is 5.88 Å². The van der Waals surface area contributed by atoms with E-state index in [4.69, 9.17) is 19.9 Å². The number of anilines is 1. The number of hydrogen-bond donors (Lipinski definition) is 3. The summed E-state index contributed by atoms with van der Waals surface area (Å²) in [5.74, 6) is -3.62. The van der Waals surface area contributed by atoms with E-state index in [1.807, 2.05) is 0 Å². The van der Waals surface area contributed by atoms with Gasteiger partial charge >= 0.3 is 6.03 Å². The Bertz CT molecular complexity index is 1020. The Labute approximate surface area is 205 Å². The fourth-order valence-electron chi connectivity index (χ4n) is 3.70. The Morgan fingerprint density at radius 1 is 1.14 bits per heavy atom. The minimum absolute atomic E-state index is 0.0613. The molecule has 1 aromatic heterocycles. The number of carbonyl (C=O) groups excluding carboxylic acids is 2. The van der Waals surface area contributed by atoms with Gasteiger partial charge < -0.3 is 30.2 Å². The van der Waals surface area contributed by atoms with Gasteiger partial charge in [-0.3, -0.25) is 10.1 Å². The molecule has 1 fully saturated rings. The predicted molar refractivity (Wildman–Crippen MR) is 126 cm³/mol. The van der Waals surface area contributed by atoms with Gasteiger partial charge in [-0.2, -0.15) is 4.37 Å². The molecule has 0 spiro atoms. The van der Waals surface area contributed by atoms with E-state index in [9.17, 15) is 18.4 Å². The van der Waals surface area contributed by atoms with Gasteiger partial charge in [0.05, 0.1) is 19.8 Å². The quantitative estimate of drug-likeness (QED) is 0.372. The third-order valence-electron chi connectivity index (χ3n) is 5.54. The minimum atomic E-state index is -0.982. The molecule has 13 heteroatoms. The molecule has 0 radical (unpaired) electrons. The number of amides is 3. The highest BCUT2D eigenvalue weighted by Gasteiger charge is 2.25. The van der Waals surface area contributed by atoms with Gasteiger partial charge in [-0.25, -0.2) is 13.6 Å². The molecule has 192 valence electrons. The molecular formula is C22H29F2N5O5S. The zero-order valence-electron chi connectivity index (χ0n) is 19.6. The van der Waals surface area contributed by atoms with Crippen LogP contribution >= 0.6 is 11.5 Å². The lowest BCUT2D eigenvalue weighted by Crippen LogP contribution is -2.30. The Kier molecular flexibility index (Phi) is 9.43. The molecule has 0 aliphatic carbocycles. The maximum atomic E-state index is 14.6. The molecule has 3 amide bonds. The molecule has 4 N–H and O–H groups in total. The van der Waals surface area contributed by atoms with Crippen LogP contribution in [0.25, 0.3) is 0 Å². The molecule has 1 aliphatic rings. The first-order valence-electron chi connectivity index (χ1n) is 11.1. The summed E-state index contributed by atoms with van der Waals surface area (Å²) in [4.78, 5) is 26.7. The molecule has 1 saturated heterocycles. The van der Waals surface area contributed by atoms with Crippen molar-refractivity contribution in [1.29, 1.82) is 0 Å². The van der Waals surface area contributed by atoms with Gasteiger partial charge in [-0.1, -0.05) is 0 Å². The van der Waals surface area contributed by atoms with Crippen molar-refractivity contribution in [3.8, 4) is 17.4 Å². The smallest absolute Gasteiger partial charge is 0.319 e. The SMILES string of the molecule is COc1cc(OC)c(F)c(COc2nsc(NC(=O)NCCCCN3CCCC3)c2C(N)=O)c1F. The number of hydrogen-bond acceptors (Lipinski definition) is 8. The van der Waals surface area contributed by atoms with Gasteiger partial charge in [0.1, 0.15) is 17.2 Å². The minimum Gasteiger partial charge on any atom is -0.494 e. The largest absolute Gasteiger partial charge is 0.494 e. The maximum absolute atomic E-state index is 14.6. The number of nitrogens with one attached hydrogen (secondary N) is 2. The first-order valence-corrected chi connectivity index (χ1v) is 11.9. The molecule has 2 aromatic rings. The highest BCUT2D eigenvalue weighted by molar-refractivity contribution is 7.11. The van der Waals surface area contributed by atoms with Crippen LogP contribution in [0.2, 0.25) is 0 Å². The normalized spacial score (nSPS) is 13.5. The number of methoxy groups -OCH3 is 2. The van der Waals surface area contributed by atoms with Crippen molar-refractivity contribution < 1.29 is 32.6 Å². The topological polar surface area (TPSA) is 128 Å². The van der Waals surface area contributed by atoms with Crippen molar-refractivity contribution in [3.05, 3.63) is 28.8 Å². The first-order chi connectivity index (χ1) is 16.8. The predicted octanol–water partition coefficient (Wildman–Crippen LogP) is 3.11. The molecule has 0 atom stereocenters. The number of urea groups is 1. The summed E-state index contributed by atoms with van der Waals surface area (Å²) in [7, 11) is 2.45. The molecule has 0 saturated carbocycles. The van der Waals surface area contributed by atoms with Crippen molar-refractivity contribution in [1.82, 2.24) is 14.6 Å². The third kappa shape index (κ3) is 6.69. The van der Waals surface area contributed by atoms with Gasteiger partial charge in [-0.05, 0) is 56.9 Å². The summed E-state index contributed by atoms with van der Waals surface area (Å²) in [6.07, 6.45) is 4.25. The van der Waals surface area contributed by atoms with E-state index >= 15 is 0 Å². The first kappa shape index (κ1) is 26.4. The molecule has 3 rings (SSSR count). The Morgan fingerprint density at radius 3 is 2.40 bits per heavy atom. The summed E-state index contributed by atoms with van der Waals surface area (Å²) in [6, 6.07) is 0.539. The molecule has 35 heavy (non-hydrogen) atoms. The summed E-state index contributed by atoms with van der Waals surface area (Å²) >= 11 is 0.761. The fourth-order valence-corrected chi connectivity index (χ4v) is 4.43. The zero-order chi connectivity index (χ0) is 25.4. The zero-order valence-corrected chi connectivity index (χ0v) is 20.4. The number of primary amides is 1. The van der Waals surface area contributed by atoms with Crippen LogP contribution in [0.4, 0.5) is 18.6 Å². The highest BCUT2D eigenvalue weighted by Crippen LogP contribution is 2.34. The number of rotatable bonds is 12. The van der Waals surface area contributed by atoms with E-state index in [1.165, 1.54) is 27.1 Å². The molecular weight excluding hydrogens is 484 g/mol. The van der Waals surface area contributed by atoms with E-state index < -0.39 is 35.7 Å². The number of benzene rings is 1. The van der Waals surface area contributed by atoms with Crippen LogP contribution in [0.5, 0.6) is 17.4 Å². The molecule has 1 aromatic carbocycles. The molecule has 10 nitrogen and oxygen atoms in total. The summed E-state index contributed by atoms with van der Waals surface area (Å²) in [5.41, 5.74) is 4.76. The van der Waals surface area contributed by atoms with Crippen LogP contribution in [0.1, 0.15) is 41.6 Å². The number of carbonyl (C=O) groups is 2. The summed E-state index contributed by atoms with van der Waals surface area (Å²) < 4.78 is 48.3. The second kappa shape index (κ2) is 12.5. The Morgan fingerprint density at radius 2 is 1.80 bits per heavy atom. The number of likely N-dealkylation sites (tertiary alicyclic amines) is 1. The molecule has 0 bridgehead atoms. The van der Waals surface area contributed by atoms with E-state index in [2.05, 4.69) is 19.9 Å². The third-order valence-corrected chi connectivity index (χ3v) is 6.28. The Hall–Kier alpha value is -3.19. The van der Waals surface area contributed by atoms with E-state index in [0.717, 1.165) is 50.1 Å². The van der Waals surface area contributed by atoms with Crippen molar-refractivity contribution >= 4 is 28.5 Å². The van der Waals surface area contributed by atoms with Gasteiger partial charge in [0, 0.05) is 12.6 Å². The number of nitrogens with two attached hydrogens (primary N) is 1.